The summed E-state index contributed by atoms with van der Waals surface area (Å²) in [5, 5.41) is 3.62. The summed E-state index contributed by atoms with van der Waals surface area (Å²) in [6, 6.07) is 7.15. The standard InChI is InChI=1S/C11H16ClNO3S/c1-17(14,15)8-6-13-5-7-16-11-4-2-3-10(12)9-11/h2-4,9,13H,5-8H2,1H3. The maximum atomic E-state index is 10.8. The number of hydrogen-bond acceptors (Lipinski definition) is 4. The van der Waals surface area contributed by atoms with E-state index in [1.807, 2.05) is 12.1 Å². The first-order valence-corrected chi connectivity index (χ1v) is 7.68. The van der Waals surface area contributed by atoms with Crippen molar-refractivity contribution in [2.75, 3.05) is 31.7 Å². The lowest BCUT2D eigenvalue weighted by atomic mass is 10.3. The van der Waals surface area contributed by atoms with Crippen molar-refractivity contribution in [3.63, 3.8) is 0 Å². The molecule has 96 valence electrons. The third kappa shape index (κ3) is 7.20. The number of ether oxygens (including phenoxy) is 1. The van der Waals surface area contributed by atoms with Crippen molar-refractivity contribution in [3.05, 3.63) is 29.3 Å². The molecule has 0 aliphatic rings. The van der Waals surface area contributed by atoms with E-state index in [0.717, 1.165) is 0 Å². The highest BCUT2D eigenvalue weighted by Gasteiger charge is 2.00. The molecule has 0 aromatic heterocycles. The van der Waals surface area contributed by atoms with E-state index in [9.17, 15) is 8.42 Å². The molecule has 0 fully saturated rings. The highest BCUT2D eigenvalue weighted by Crippen LogP contribution is 2.16. The second-order valence-electron chi connectivity index (χ2n) is 3.69. The Hall–Kier alpha value is -0.780. The van der Waals surface area contributed by atoms with Gasteiger partial charge in [0.25, 0.3) is 0 Å². The van der Waals surface area contributed by atoms with Gasteiger partial charge in [-0.2, -0.15) is 0 Å². The third-order valence-electron chi connectivity index (χ3n) is 1.99. The number of benzene rings is 1. The lowest BCUT2D eigenvalue weighted by Gasteiger charge is -2.07. The van der Waals surface area contributed by atoms with Gasteiger partial charge in [-0.05, 0) is 18.2 Å². The number of hydrogen-bond donors (Lipinski definition) is 1. The number of nitrogens with one attached hydrogen (secondary N) is 1. The molecule has 0 radical (unpaired) electrons. The normalized spacial score (nSPS) is 11.4. The second-order valence-corrected chi connectivity index (χ2v) is 6.38. The van der Waals surface area contributed by atoms with Gasteiger partial charge in [-0.15, -0.1) is 0 Å². The molecule has 1 rings (SSSR count). The lowest BCUT2D eigenvalue weighted by Crippen LogP contribution is -2.26. The summed E-state index contributed by atoms with van der Waals surface area (Å²) in [6.07, 6.45) is 1.22. The molecule has 0 spiro atoms. The van der Waals surface area contributed by atoms with E-state index in [2.05, 4.69) is 5.32 Å². The zero-order valence-corrected chi connectivity index (χ0v) is 11.2. The molecule has 0 bridgehead atoms. The Morgan fingerprint density at radius 1 is 1.35 bits per heavy atom. The van der Waals surface area contributed by atoms with Crippen molar-refractivity contribution in [1.82, 2.24) is 5.32 Å². The molecule has 0 unspecified atom stereocenters. The Bertz CT molecular complexity index is 448. The molecule has 1 aromatic rings. The van der Waals surface area contributed by atoms with Crippen LogP contribution in [0.4, 0.5) is 0 Å². The summed E-state index contributed by atoms with van der Waals surface area (Å²) in [7, 11) is -2.89. The van der Waals surface area contributed by atoms with Gasteiger partial charge in [-0.3, -0.25) is 0 Å². The summed E-state index contributed by atoms with van der Waals surface area (Å²) >= 11 is 5.80. The average Bonchev–Trinajstić information content (AvgIpc) is 2.22. The van der Waals surface area contributed by atoms with Crippen LogP contribution in [0.3, 0.4) is 0 Å². The molecule has 0 saturated carbocycles. The Labute approximate surface area is 107 Å². The van der Waals surface area contributed by atoms with Crippen molar-refractivity contribution in [3.8, 4) is 5.75 Å². The first kappa shape index (κ1) is 14.3. The second kappa shape index (κ2) is 6.83. The van der Waals surface area contributed by atoms with Crippen LogP contribution in [0.25, 0.3) is 0 Å². The van der Waals surface area contributed by atoms with Crippen molar-refractivity contribution < 1.29 is 13.2 Å². The molecular weight excluding hydrogens is 262 g/mol. The maximum absolute atomic E-state index is 10.8. The van der Waals surface area contributed by atoms with Crippen LogP contribution >= 0.6 is 11.6 Å². The van der Waals surface area contributed by atoms with Crippen LogP contribution in [-0.4, -0.2) is 40.1 Å². The zero-order valence-electron chi connectivity index (χ0n) is 9.65. The minimum absolute atomic E-state index is 0.143. The first-order valence-electron chi connectivity index (χ1n) is 5.24. The van der Waals surface area contributed by atoms with Crippen molar-refractivity contribution in [2.24, 2.45) is 0 Å². The van der Waals surface area contributed by atoms with E-state index in [0.29, 0.717) is 30.5 Å². The van der Waals surface area contributed by atoms with Gasteiger partial charge in [0.05, 0.1) is 5.75 Å². The van der Waals surface area contributed by atoms with Crippen LogP contribution in [0.2, 0.25) is 5.02 Å². The minimum Gasteiger partial charge on any atom is -0.492 e. The summed E-state index contributed by atoms with van der Waals surface area (Å²) in [6.45, 7) is 1.52. The molecule has 0 atom stereocenters. The third-order valence-corrected chi connectivity index (χ3v) is 3.17. The van der Waals surface area contributed by atoms with Gasteiger partial charge in [0, 0.05) is 24.4 Å². The number of halogens is 1. The van der Waals surface area contributed by atoms with E-state index < -0.39 is 9.84 Å². The molecule has 17 heavy (non-hydrogen) atoms. The van der Waals surface area contributed by atoms with Crippen LogP contribution in [-0.2, 0) is 9.84 Å². The molecule has 6 heteroatoms. The molecule has 1 N–H and O–H groups in total. The Balaban J connectivity index is 2.13. The van der Waals surface area contributed by atoms with Gasteiger partial charge in [-0.25, -0.2) is 8.42 Å². The van der Waals surface area contributed by atoms with Gasteiger partial charge >= 0.3 is 0 Å². The smallest absolute Gasteiger partial charge is 0.148 e. The highest BCUT2D eigenvalue weighted by molar-refractivity contribution is 7.90. The largest absolute Gasteiger partial charge is 0.492 e. The predicted molar refractivity (Wildman–Crippen MR) is 69.5 cm³/mol. The maximum Gasteiger partial charge on any atom is 0.148 e. The fourth-order valence-electron chi connectivity index (χ4n) is 1.18. The SMILES string of the molecule is CS(=O)(=O)CCNCCOc1cccc(Cl)c1. The molecule has 0 heterocycles. The average molecular weight is 278 g/mol. The monoisotopic (exact) mass is 277 g/mol. The van der Waals surface area contributed by atoms with E-state index in [1.165, 1.54) is 6.26 Å². The summed E-state index contributed by atoms with van der Waals surface area (Å²) in [5.41, 5.74) is 0. The summed E-state index contributed by atoms with van der Waals surface area (Å²) in [5.74, 6) is 0.854. The van der Waals surface area contributed by atoms with Gasteiger partial charge in [0.1, 0.15) is 22.2 Å². The fourth-order valence-corrected chi connectivity index (χ4v) is 1.88. The van der Waals surface area contributed by atoms with Gasteiger partial charge in [0.15, 0.2) is 0 Å². The van der Waals surface area contributed by atoms with Crippen LogP contribution in [0.5, 0.6) is 5.75 Å². The molecule has 1 aromatic carbocycles. The number of rotatable bonds is 7. The summed E-state index contributed by atoms with van der Waals surface area (Å²) in [4.78, 5) is 0. The van der Waals surface area contributed by atoms with E-state index >= 15 is 0 Å². The molecule has 0 saturated heterocycles. The lowest BCUT2D eigenvalue weighted by molar-refractivity contribution is 0.315. The van der Waals surface area contributed by atoms with E-state index in [1.54, 1.807) is 12.1 Å². The molecular formula is C11H16ClNO3S. The molecule has 4 nitrogen and oxygen atoms in total. The van der Waals surface area contributed by atoms with E-state index in [-0.39, 0.29) is 5.75 Å². The molecule has 0 amide bonds. The van der Waals surface area contributed by atoms with Crippen molar-refractivity contribution in [1.29, 1.82) is 0 Å². The van der Waals surface area contributed by atoms with Crippen LogP contribution in [0.1, 0.15) is 0 Å². The van der Waals surface area contributed by atoms with Crippen LogP contribution in [0.15, 0.2) is 24.3 Å². The van der Waals surface area contributed by atoms with Crippen LogP contribution < -0.4 is 10.1 Å². The van der Waals surface area contributed by atoms with E-state index in [4.69, 9.17) is 16.3 Å². The van der Waals surface area contributed by atoms with Gasteiger partial charge in [0.2, 0.25) is 0 Å². The number of sulfone groups is 1. The minimum atomic E-state index is -2.89. The van der Waals surface area contributed by atoms with Gasteiger partial charge in [-0.1, -0.05) is 17.7 Å². The zero-order chi connectivity index (χ0) is 12.7. The summed E-state index contributed by atoms with van der Waals surface area (Å²) < 4.78 is 27.1. The predicted octanol–water partition coefficient (Wildman–Crippen LogP) is 1.35. The quantitative estimate of drug-likeness (QED) is 0.765. The van der Waals surface area contributed by atoms with Crippen LogP contribution in [0, 0.1) is 0 Å². The topological polar surface area (TPSA) is 55.4 Å². The Kier molecular flexibility index (Phi) is 5.74. The Morgan fingerprint density at radius 3 is 2.76 bits per heavy atom. The highest BCUT2D eigenvalue weighted by atomic mass is 35.5. The molecule has 0 aliphatic carbocycles. The Morgan fingerprint density at radius 2 is 2.12 bits per heavy atom. The van der Waals surface area contributed by atoms with Crippen molar-refractivity contribution in [2.45, 2.75) is 0 Å². The fraction of sp³-hybridized carbons (Fsp3) is 0.455. The molecule has 0 aliphatic heterocycles. The van der Waals surface area contributed by atoms with Crippen molar-refractivity contribution >= 4 is 21.4 Å². The first-order chi connectivity index (χ1) is 7.97. The van der Waals surface area contributed by atoms with Gasteiger partial charge < -0.3 is 10.1 Å².